The van der Waals surface area contributed by atoms with Gasteiger partial charge in [0.25, 0.3) is 0 Å². The third-order valence-electron chi connectivity index (χ3n) is 2.54. The number of nitrogens with zero attached hydrogens (tertiary/aromatic N) is 1. The topological polar surface area (TPSA) is 59.3 Å². The molecule has 1 aromatic carbocycles. The number of carboxylic acid groups (broad SMARTS) is 1. The van der Waals surface area contributed by atoms with Crippen molar-refractivity contribution in [3.8, 4) is 0 Å². The highest BCUT2D eigenvalue weighted by atomic mass is 32.2. The molecule has 0 spiro atoms. The summed E-state index contributed by atoms with van der Waals surface area (Å²) in [7, 11) is 1.83. The average molecular weight is 249 g/mol. The zero-order valence-electron chi connectivity index (χ0n) is 9.21. The Balaban J connectivity index is 2.56. The fourth-order valence-electron chi connectivity index (χ4n) is 1.82. The fourth-order valence-corrected chi connectivity index (χ4v) is 2.68. The lowest BCUT2D eigenvalue weighted by atomic mass is 10.2. The maximum atomic E-state index is 11.1. The second kappa shape index (κ2) is 4.63. The molecule has 88 valence electrons. The van der Waals surface area contributed by atoms with E-state index in [0.29, 0.717) is 10.6 Å². The molecule has 0 aliphatic rings. The number of aromatic nitrogens is 1. The van der Waals surface area contributed by atoms with Crippen LogP contribution in [0.3, 0.4) is 0 Å². The molecular formula is C12H11NO3S. The standard InChI is InChI=1S/C12H11NO3S/c1-13-10-5-3-2-4-8(10)9(6-14)12(13)17-7-11(15)16/h2-6H,7H2,1H3,(H,15,16). The molecule has 0 aliphatic heterocycles. The van der Waals surface area contributed by atoms with E-state index in [1.54, 1.807) is 0 Å². The number of carbonyl (C=O) groups excluding carboxylic acids is 1. The number of hydrogen-bond acceptors (Lipinski definition) is 3. The van der Waals surface area contributed by atoms with E-state index in [-0.39, 0.29) is 5.75 Å². The summed E-state index contributed by atoms with van der Waals surface area (Å²) in [4.78, 5) is 21.7. The van der Waals surface area contributed by atoms with Crippen molar-refractivity contribution >= 4 is 34.9 Å². The van der Waals surface area contributed by atoms with Gasteiger partial charge in [-0.2, -0.15) is 0 Å². The largest absolute Gasteiger partial charge is 0.481 e. The Kier molecular flexibility index (Phi) is 3.19. The van der Waals surface area contributed by atoms with Crippen molar-refractivity contribution in [1.82, 2.24) is 4.57 Å². The van der Waals surface area contributed by atoms with E-state index in [1.807, 2.05) is 35.9 Å². The number of carbonyl (C=O) groups is 2. The molecule has 4 nitrogen and oxygen atoms in total. The Hall–Kier alpha value is -1.75. The lowest BCUT2D eigenvalue weighted by molar-refractivity contribution is -0.133. The van der Waals surface area contributed by atoms with Crippen molar-refractivity contribution in [1.29, 1.82) is 0 Å². The SMILES string of the molecule is Cn1c(SCC(=O)O)c(C=O)c2ccccc21. The van der Waals surface area contributed by atoms with Crippen molar-refractivity contribution in [2.75, 3.05) is 5.75 Å². The number of fused-ring (bicyclic) bond motifs is 1. The van der Waals surface area contributed by atoms with Crippen molar-refractivity contribution in [3.05, 3.63) is 29.8 Å². The third kappa shape index (κ3) is 2.06. The van der Waals surface area contributed by atoms with Gasteiger partial charge in [0, 0.05) is 18.0 Å². The molecule has 1 aromatic heterocycles. The van der Waals surface area contributed by atoms with Gasteiger partial charge in [-0.3, -0.25) is 9.59 Å². The summed E-state index contributed by atoms with van der Waals surface area (Å²) in [6.45, 7) is 0. The van der Waals surface area contributed by atoms with Gasteiger partial charge in [-0.1, -0.05) is 30.0 Å². The summed E-state index contributed by atoms with van der Waals surface area (Å²) < 4.78 is 1.85. The maximum Gasteiger partial charge on any atom is 0.313 e. The summed E-state index contributed by atoms with van der Waals surface area (Å²) >= 11 is 1.16. The van der Waals surface area contributed by atoms with Gasteiger partial charge in [0.05, 0.1) is 16.3 Å². The predicted octanol–water partition coefficient (Wildman–Crippen LogP) is 2.17. The molecule has 0 saturated heterocycles. The monoisotopic (exact) mass is 249 g/mol. The summed E-state index contributed by atoms with van der Waals surface area (Å²) in [5, 5.41) is 10.2. The second-order valence-corrected chi connectivity index (χ2v) is 4.56. The summed E-state index contributed by atoms with van der Waals surface area (Å²) in [6, 6.07) is 7.53. The van der Waals surface area contributed by atoms with E-state index in [0.717, 1.165) is 29.0 Å². The number of carboxylic acids is 1. The van der Waals surface area contributed by atoms with Crippen LogP contribution in [0.1, 0.15) is 10.4 Å². The second-order valence-electron chi connectivity index (χ2n) is 3.60. The van der Waals surface area contributed by atoms with E-state index in [4.69, 9.17) is 5.11 Å². The molecule has 17 heavy (non-hydrogen) atoms. The van der Waals surface area contributed by atoms with Gasteiger partial charge in [-0.05, 0) is 6.07 Å². The molecule has 2 aromatic rings. The average Bonchev–Trinajstić information content (AvgIpc) is 2.60. The number of aldehydes is 1. The van der Waals surface area contributed by atoms with E-state index < -0.39 is 5.97 Å². The summed E-state index contributed by atoms with van der Waals surface area (Å²) in [5.41, 5.74) is 1.50. The van der Waals surface area contributed by atoms with Crippen LogP contribution in [0.2, 0.25) is 0 Å². The molecule has 0 amide bonds. The predicted molar refractivity (Wildman–Crippen MR) is 66.7 cm³/mol. The molecule has 0 unspecified atom stereocenters. The first-order chi connectivity index (χ1) is 8.15. The lowest BCUT2D eigenvalue weighted by Gasteiger charge is -2.02. The van der Waals surface area contributed by atoms with Crippen LogP contribution >= 0.6 is 11.8 Å². The molecule has 0 saturated carbocycles. The number of para-hydroxylation sites is 1. The van der Waals surface area contributed by atoms with Gasteiger partial charge in [-0.15, -0.1) is 0 Å². The van der Waals surface area contributed by atoms with Gasteiger partial charge in [0.1, 0.15) is 0 Å². The van der Waals surface area contributed by atoms with Gasteiger partial charge in [0.15, 0.2) is 6.29 Å². The fraction of sp³-hybridized carbons (Fsp3) is 0.167. The van der Waals surface area contributed by atoms with Crippen LogP contribution in [0.25, 0.3) is 10.9 Å². The molecular weight excluding hydrogens is 238 g/mol. The van der Waals surface area contributed by atoms with Gasteiger partial charge in [0.2, 0.25) is 0 Å². The minimum Gasteiger partial charge on any atom is -0.481 e. The Morgan fingerprint density at radius 2 is 2.18 bits per heavy atom. The van der Waals surface area contributed by atoms with Crippen LogP contribution in [0, 0.1) is 0 Å². The highest BCUT2D eigenvalue weighted by molar-refractivity contribution is 8.00. The first-order valence-corrected chi connectivity index (χ1v) is 6.01. The lowest BCUT2D eigenvalue weighted by Crippen LogP contribution is -2.00. The van der Waals surface area contributed by atoms with Crippen LogP contribution in [-0.4, -0.2) is 27.7 Å². The van der Waals surface area contributed by atoms with Crippen molar-refractivity contribution in [2.45, 2.75) is 5.03 Å². The van der Waals surface area contributed by atoms with Gasteiger partial charge < -0.3 is 9.67 Å². The smallest absolute Gasteiger partial charge is 0.313 e. The van der Waals surface area contributed by atoms with E-state index in [1.165, 1.54) is 0 Å². The van der Waals surface area contributed by atoms with Crippen LogP contribution < -0.4 is 0 Å². The van der Waals surface area contributed by atoms with Crippen LogP contribution in [0.5, 0.6) is 0 Å². The minimum atomic E-state index is -0.892. The number of rotatable bonds is 4. The van der Waals surface area contributed by atoms with Gasteiger partial charge in [-0.25, -0.2) is 0 Å². The van der Waals surface area contributed by atoms with Crippen molar-refractivity contribution < 1.29 is 14.7 Å². The first kappa shape index (κ1) is 11.7. The highest BCUT2D eigenvalue weighted by Gasteiger charge is 2.15. The van der Waals surface area contributed by atoms with E-state index in [9.17, 15) is 9.59 Å². The highest BCUT2D eigenvalue weighted by Crippen LogP contribution is 2.30. The Labute approximate surface area is 102 Å². The normalized spacial score (nSPS) is 10.6. The number of hydrogen-bond donors (Lipinski definition) is 1. The zero-order chi connectivity index (χ0) is 12.4. The molecule has 0 bridgehead atoms. The molecule has 5 heteroatoms. The van der Waals surface area contributed by atoms with Gasteiger partial charge >= 0.3 is 5.97 Å². The molecule has 0 fully saturated rings. The van der Waals surface area contributed by atoms with Crippen LogP contribution in [-0.2, 0) is 11.8 Å². The zero-order valence-corrected chi connectivity index (χ0v) is 10.0. The number of benzene rings is 1. The van der Waals surface area contributed by atoms with E-state index >= 15 is 0 Å². The molecule has 1 N–H and O–H groups in total. The number of aliphatic carboxylic acids is 1. The first-order valence-electron chi connectivity index (χ1n) is 5.02. The van der Waals surface area contributed by atoms with Crippen LogP contribution in [0.4, 0.5) is 0 Å². The van der Waals surface area contributed by atoms with E-state index in [2.05, 4.69) is 0 Å². The van der Waals surface area contributed by atoms with Crippen LogP contribution in [0.15, 0.2) is 29.3 Å². The molecule has 1 heterocycles. The van der Waals surface area contributed by atoms with Crippen molar-refractivity contribution in [2.24, 2.45) is 7.05 Å². The quantitative estimate of drug-likeness (QED) is 0.666. The maximum absolute atomic E-state index is 11.1. The Morgan fingerprint density at radius 3 is 2.82 bits per heavy atom. The Morgan fingerprint density at radius 1 is 1.47 bits per heavy atom. The summed E-state index contributed by atoms with van der Waals surface area (Å²) in [6.07, 6.45) is 0.784. The molecule has 0 aliphatic carbocycles. The van der Waals surface area contributed by atoms with Crippen molar-refractivity contribution in [3.63, 3.8) is 0 Å². The number of aryl methyl sites for hydroxylation is 1. The molecule has 0 radical (unpaired) electrons. The minimum absolute atomic E-state index is 0.0506. The number of thioether (sulfide) groups is 1. The third-order valence-corrected chi connectivity index (χ3v) is 3.70. The summed E-state index contributed by atoms with van der Waals surface area (Å²) in [5.74, 6) is -0.942. The molecule has 2 rings (SSSR count). The Bertz CT molecular complexity index is 589. The molecule has 0 atom stereocenters.